The molecule has 0 aliphatic carbocycles. The van der Waals surface area contributed by atoms with Gasteiger partial charge in [0.05, 0.1) is 6.61 Å². The fraction of sp³-hybridized carbons (Fsp3) is 1.00. The van der Waals surface area contributed by atoms with Crippen molar-refractivity contribution in [2.45, 2.75) is 51.6 Å². The third-order valence-corrected chi connectivity index (χ3v) is 4.31. The SMILES string of the molecule is CCNC1CCOCC1N1CCCC(C)CC1. The Hall–Kier alpha value is -0.120. The fourth-order valence-electron chi connectivity index (χ4n) is 3.20. The van der Waals surface area contributed by atoms with Crippen LogP contribution in [0, 0.1) is 5.92 Å². The van der Waals surface area contributed by atoms with E-state index in [1.165, 1.54) is 38.8 Å². The van der Waals surface area contributed by atoms with E-state index in [2.05, 4.69) is 24.1 Å². The maximum atomic E-state index is 5.70. The Morgan fingerprint density at radius 1 is 1.24 bits per heavy atom. The molecule has 0 aromatic rings. The van der Waals surface area contributed by atoms with Gasteiger partial charge in [0.1, 0.15) is 0 Å². The molecule has 2 fully saturated rings. The Bertz CT molecular complexity index is 220. The third kappa shape index (κ3) is 3.67. The lowest BCUT2D eigenvalue weighted by molar-refractivity contribution is -0.00194. The van der Waals surface area contributed by atoms with Gasteiger partial charge in [0, 0.05) is 18.7 Å². The highest BCUT2D eigenvalue weighted by Gasteiger charge is 2.30. The second kappa shape index (κ2) is 6.72. The molecule has 2 aliphatic rings. The number of hydrogen-bond acceptors (Lipinski definition) is 3. The average Bonchev–Trinajstić information content (AvgIpc) is 2.55. The third-order valence-electron chi connectivity index (χ3n) is 4.31. The second-order valence-electron chi connectivity index (χ2n) is 5.67. The molecule has 100 valence electrons. The van der Waals surface area contributed by atoms with E-state index in [1.807, 2.05) is 0 Å². The van der Waals surface area contributed by atoms with Gasteiger partial charge in [-0.15, -0.1) is 0 Å². The van der Waals surface area contributed by atoms with Crippen molar-refractivity contribution in [2.75, 3.05) is 32.8 Å². The van der Waals surface area contributed by atoms with Gasteiger partial charge in [0.25, 0.3) is 0 Å². The lowest BCUT2D eigenvalue weighted by atomic mass is 10.0. The Labute approximate surface area is 106 Å². The molecule has 3 atom stereocenters. The predicted octanol–water partition coefficient (Wildman–Crippen LogP) is 1.88. The van der Waals surface area contributed by atoms with Crippen molar-refractivity contribution in [3.63, 3.8) is 0 Å². The van der Waals surface area contributed by atoms with Crippen molar-refractivity contribution >= 4 is 0 Å². The Balaban J connectivity index is 1.92. The Morgan fingerprint density at radius 3 is 2.94 bits per heavy atom. The van der Waals surface area contributed by atoms with Crippen molar-refractivity contribution in [1.29, 1.82) is 0 Å². The molecular weight excluding hydrogens is 212 g/mol. The minimum absolute atomic E-state index is 0.606. The molecule has 3 unspecified atom stereocenters. The van der Waals surface area contributed by atoms with Crippen molar-refractivity contribution in [3.05, 3.63) is 0 Å². The van der Waals surface area contributed by atoms with Crippen LogP contribution in [0.25, 0.3) is 0 Å². The number of likely N-dealkylation sites (tertiary alicyclic amines) is 1. The summed E-state index contributed by atoms with van der Waals surface area (Å²) in [5, 5.41) is 3.64. The van der Waals surface area contributed by atoms with Gasteiger partial charge in [-0.25, -0.2) is 0 Å². The summed E-state index contributed by atoms with van der Waals surface area (Å²) in [5.74, 6) is 0.905. The lowest BCUT2D eigenvalue weighted by Crippen LogP contribution is -2.55. The molecule has 2 rings (SSSR count). The second-order valence-corrected chi connectivity index (χ2v) is 5.67. The van der Waals surface area contributed by atoms with E-state index in [4.69, 9.17) is 4.74 Å². The van der Waals surface area contributed by atoms with E-state index in [0.29, 0.717) is 12.1 Å². The summed E-state index contributed by atoms with van der Waals surface area (Å²) in [4.78, 5) is 2.68. The van der Waals surface area contributed by atoms with Gasteiger partial charge in [0.15, 0.2) is 0 Å². The lowest BCUT2D eigenvalue weighted by Gasteiger charge is -2.39. The van der Waals surface area contributed by atoms with Gasteiger partial charge in [-0.1, -0.05) is 13.8 Å². The summed E-state index contributed by atoms with van der Waals surface area (Å²) >= 11 is 0. The standard InChI is InChI=1S/C14H28N2O/c1-3-15-13-7-10-17-11-14(13)16-8-4-5-12(2)6-9-16/h12-15H,3-11H2,1-2H3. The minimum Gasteiger partial charge on any atom is -0.380 e. The van der Waals surface area contributed by atoms with Crippen molar-refractivity contribution in [2.24, 2.45) is 5.92 Å². The first-order valence-electron chi connectivity index (χ1n) is 7.36. The fourth-order valence-corrected chi connectivity index (χ4v) is 3.20. The van der Waals surface area contributed by atoms with Crippen LogP contribution >= 0.6 is 0 Å². The molecule has 2 aliphatic heterocycles. The summed E-state index contributed by atoms with van der Waals surface area (Å²) < 4.78 is 5.70. The summed E-state index contributed by atoms with van der Waals surface area (Å²) in [5.41, 5.74) is 0. The first-order valence-corrected chi connectivity index (χ1v) is 7.36. The summed E-state index contributed by atoms with van der Waals surface area (Å²) in [6, 6.07) is 1.25. The zero-order chi connectivity index (χ0) is 12.1. The molecule has 0 radical (unpaired) electrons. The molecule has 0 saturated carbocycles. The van der Waals surface area contributed by atoms with Gasteiger partial charge >= 0.3 is 0 Å². The van der Waals surface area contributed by atoms with Gasteiger partial charge < -0.3 is 10.1 Å². The van der Waals surface area contributed by atoms with Gasteiger partial charge in [-0.3, -0.25) is 4.90 Å². The normalized spacial score (nSPS) is 36.7. The van der Waals surface area contributed by atoms with E-state index >= 15 is 0 Å². The molecule has 0 bridgehead atoms. The highest BCUT2D eigenvalue weighted by Crippen LogP contribution is 2.22. The van der Waals surface area contributed by atoms with Crippen LogP contribution in [-0.4, -0.2) is 49.8 Å². The molecular formula is C14H28N2O. The van der Waals surface area contributed by atoms with Crippen LogP contribution in [0.3, 0.4) is 0 Å². The maximum absolute atomic E-state index is 5.70. The zero-order valence-electron chi connectivity index (χ0n) is 11.5. The largest absolute Gasteiger partial charge is 0.380 e. The van der Waals surface area contributed by atoms with Crippen molar-refractivity contribution in [1.82, 2.24) is 10.2 Å². The van der Waals surface area contributed by atoms with Crippen LogP contribution in [0.5, 0.6) is 0 Å². The maximum Gasteiger partial charge on any atom is 0.0637 e. The van der Waals surface area contributed by atoms with Crippen LogP contribution in [0.1, 0.15) is 39.5 Å². The molecule has 0 aromatic carbocycles. The number of nitrogens with one attached hydrogen (secondary N) is 1. The smallest absolute Gasteiger partial charge is 0.0637 e. The molecule has 0 amide bonds. The number of hydrogen-bond donors (Lipinski definition) is 1. The van der Waals surface area contributed by atoms with Crippen LogP contribution in [-0.2, 0) is 4.74 Å². The van der Waals surface area contributed by atoms with Gasteiger partial charge in [0.2, 0.25) is 0 Å². The van der Waals surface area contributed by atoms with E-state index in [1.54, 1.807) is 0 Å². The monoisotopic (exact) mass is 240 g/mol. The molecule has 0 spiro atoms. The van der Waals surface area contributed by atoms with Gasteiger partial charge in [-0.05, 0) is 51.2 Å². The molecule has 2 saturated heterocycles. The topological polar surface area (TPSA) is 24.5 Å². The van der Waals surface area contributed by atoms with E-state index < -0.39 is 0 Å². The molecule has 3 nitrogen and oxygen atoms in total. The molecule has 3 heteroatoms. The summed E-state index contributed by atoms with van der Waals surface area (Å²) in [7, 11) is 0. The minimum atomic E-state index is 0.606. The highest BCUT2D eigenvalue weighted by molar-refractivity contribution is 4.88. The summed E-state index contributed by atoms with van der Waals surface area (Å²) in [6.07, 6.45) is 5.28. The first-order chi connectivity index (χ1) is 8.31. The highest BCUT2D eigenvalue weighted by atomic mass is 16.5. The van der Waals surface area contributed by atoms with Gasteiger partial charge in [-0.2, -0.15) is 0 Å². The number of ether oxygens (including phenoxy) is 1. The molecule has 2 heterocycles. The average molecular weight is 240 g/mol. The van der Waals surface area contributed by atoms with Crippen LogP contribution in [0.2, 0.25) is 0 Å². The first kappa shape index (κ1) is 13.3. The number of rotatable bonds is 3. The van der Waals surface area contributed by atoms with Crippen LogP contribution in [0.4, 0.5) is 0 Å². The van der Waals surface area contributed by atoms with E-state index in [0.717, 1.165) is 25.7 Å². The predicted molar refractivity (Wildman–Crippen MR) is 71.3 cm³/mol. The molecule has 0 aromatic heterocycles. The zero-order valence-corrected chi connectivity index (χ0v) is 11.5. The van der Waals surface area contributed by atoms with Crippen molar-refractivity contribution in [3.8, 4) is 0 Å². The van der Waals surface area contributed by atoms with E-state index in [-0.39, 0.29) is 0 Å². The van der Waals surface area contributed by atoms with Crippen molar-refractivity contribution < 1.29 is 4.74 Å². The Kier molecular flexibility index (Phi) is 5.26. The quantitative estimate of drug-likeness (QED) is 0.815. The molecule has 1 N–H and O–H groups in total. The Morgan fingerprint density at radius 2 is 2.12 bits per heavy atom. The van der Waals surface area contributed by atoms with Crippen LogP contribution in [0.15, 0.2) is 0 Å². The summed E-state index contributed by atoms with van der Waals surface area (Å²) in [6.45, 7) is 10.0. The van der Waals surface area contributed by atoms with Crippen LogP contribution < -0.4 is 5.32 Å². The van der Waals surface area contributed by atoms with E-state index in [9.17, 15) is 0 Å². The number of nitrogens with zero attached hydrogens (tertiary/aromatic N) is 1. The molecule has 17 heavy (non-hydrogen) atoms. The number of likely N-dealkylation sites (N-methyl/N-ethyl adjacent to an activating group) is 1.